The van der Waals surface area contributed by atoms with Gasteiger partial charge in [-0.3, -0.25) is 9.52 Å². The zero-order chi connectivity index (χ0) is 19.5. The van der Waals surface area contributed by atoms with E-state index in [0.29, 0.717) is 6.54 Å². The van der Waals surface area contributed by atoms with Gasteiger partial charge in [-0.15, -0.1) is 0 Å². The summed E-state index contributed by atoms with van der Waals surface area (Å²) in [5, 5.41) is 13.6. The van der Waals surface area contributed by atoms with E-state index in [-0.39, 0.29) is 28.3 Å². The van der Waals surface area contributed by atoms with Gasteiger partial charge in [0.1, 0.15) is 0 Å². The van der Waals surface area contributed by atoms with Gasteiger partial charge in [0.15, 0.2) is 0 Å². The van der Waals surface area contributed by atoms with Crippen molar-refractivity contribution in [1.82, 2.24) is 5.32 Å². The van der Waals surface area contributed by atoms with Crippen molar-refractivity contribution in [3.05, 3.63) is 65.7 Å². The molecule has 0 aliphatic heterocycles. The molecule has 1 aliphatic carbocycles. The smallest absolute Gasteiger partial charge is 0.253 e. The largest absolute Gasteiger partial charge is 0.388 e. The minimum atomic E-state index is -3.48. The van der Waals surface area contributed by atoms with E-state index in [2.05, 4.69) is 10.0 Å². The van der Waals surface area contributed by atoms with Crippen LogP contribution in [-0.2, 0) is 10.0 Å². The lowest BCUT2D eigenvalue weighted by Crippen LogP contribution is -2.34. The number of amides is 1. The predicted octanol–water partition coefficient (Wildman–Crippen LogP) is 2.69. The summed E-state index contributed by atoms with van der Waals surface area (Å²) in [5.74, 6) is -0.439. The van der Waals surface area contributed by atoms with Gasteiger partial charge in [0.25, 0.3) is 5.91 Å². The molecule has 0 heterocycles. The van der Waals surface area contributed by atoms with Crippen LogP contribution in [0.15, 0.2) is 54.6 Å². The van der Waals surface area contributed by atoms with E-state index in [1.165, 1.54) is 6.92 Å². The number of carbonyl (C=O) groups excluding carboxylic acids is 1. The number of benzene rings is 2. The third-order valence-electron chi connectivity index (χ3n) is 5.01. The maximum Gasteiger partial charge on any atom is 0.253 e. The first-order valence-corrected chi connectivity index (χ1v) is 10.6. The van der Waals surface area contributed by atoms with E-state index in [4.69, 9.17) is 0 Å². The molecular formula is C20H24N2O4S. The summed E-state index contributed by atoms with van der Waals surface area (Å²) in [6, 6.07) is 15.9. The second-order valence-electron chi connectivity index (χ2n) is 6.91. The highest BCUT2D eigenvalue weighted by molar-refractivity contribution is 7.92. The highest BCUT2D eigenvalue weighted by atomic mass is 32.2. The molecule has 0 saturated heterocycles. The van der Waals surface area contributed by atoms with Gasteiger partial charge in [0.05, 0.1) is 23.1 Å². The molecular weight excluding hydrogens is 364 g/mol. The molecule has 2 aromatic carbocycles. The molecule has 7 heteroatoms. The van der Waals surface area contributed by atoms with Crippen LogP contribution in [0, 0.1) is 5.41 Å². The van der Waals surface area contributed by atoms with Crippen LogP contribution in [0.5, 0.6) is 0 Å². The Morgan fingerprint density at radius 1 is 1.11 bits per heavy atom. The Morgan fingerprint density at radius 2 is 1.74 bits per heavy atom. The van der Waals surface area contributed by atoms with Crippen molar-refractivity contribution in [1.29, 1.82) is 0 Å². The zero-order valence-corrected chi connectivity index (χ0v) is 16.0. The van der Waals surface area contributed by atoms with Crippen molar-refractivity contribution in [3.63, 3.8) is 0 Å². The number of rotatable bonds is 8. The molecule has 0 spiro atoms. The highest BCUT2D eigenvalue weighted by Gasteiger charge is 2.49. The van der Waals surface area contributed by atoms with Gasteiger partial charge < -0.3 is 10.4 Å². The fourth-order valence-electron chi connectivity index (χ4n) is 3.06. The maximum absolute atomic E-state index is 12.6. The summed E-state index contributed by atoms with van der Waals surface area (Å²) in [6.07, 6.45) is 1.01. The Balaban J connectivity index is 1.70. The van der Waals surface area contributed by atoms with Gasteiger partial charge in [-0.25, -0.2) is 8.42 Å². The lowest BCUT2D eigenvalue weighted by Gasteiger charge is -2.23. The minimum absolute atomic E-state index is 0.0741. The minimum Gasteiger partial charge on any atom is -0.388 e. The van der Waals surface area contributed by atoms with Crippen LogP contribution in [0.2, 0.25) is 0 Å². The standard InChI is InChI=1S/C20H24N2O4S/c1-2-27(25,26)22-17-11-7-6-10-16(17)19(24)21-14-20(12-13-20)18(23)15-8-4-3-5-9-15/h3-11,18,22-23H,2,12-14H2,1H3,(H,21,24). The van der Waals surface area contributed by atoms with Crippen molar-refractivity contribution in [2.45, 2.75) is 25.9 Å². The van der Waals surface area contributed by atoms with Crippen molar-refractivity contribution in [2.24, 2.45) is 5.41 Å². The fourth-order valence-corrected chi connectivity index (χ4v) is 3.72. The normalized spacial score (nSPS) is 16.4. The molecule has 1 amide bonds. The Bertz CT molecular complexity index is 909. The van der Waals surface area contributed by atoms with Crippen molar-refractivity contribution in [2.75, 3.05) is 17.0 Å². The molecule has 1 unspecified atom stereocenters. The predicted molar refractivity (Wildman–Crippen MR) is 105 cm³/mol. The second-order valence-corrected chi connectivity index (χ2v) is 8.92. The topological polar surface area (TPSA) is 95.5 Å². The molecule has 3 rings (SSSR count). The molecule has 0 radical (unpaired) electrons. The number of hydrogen-bond donors (Lipinski definition) is 3. The van der Waals surface area contributed by atoms with Crippen LogP contribution in [0.3, 0.4) is 0 Å². The molecule has 2 aromatic rings. The van der Waals surface area contributed by atoms with Gasteiger partial charge in [-0.2, -0.15) is 0 Å². The summed E-state index contributed by atoms with van der Waals surface area (Å²) in [4.78, 5) is 12.6. The molecule has 1 fully saturated rings. The summed E-state index contributed by atoms with van der Waals surface area (Å²) in [7, 11) is -3.48. The first kappa shape index (κ1) is 19.4. The van der Waals surface area contributed by atoms with Gasteiger partial charge in [0.2, 0.25) is 10.0 Å². The first-order valence-electron chi connectivity index (χ1n) is 8.98. The van der Waals surface area contributed by atoms with Crippen LogP contribution in [0.4, 0.5) is 5.69 Å². The molecule has 1 aliphatic rings. The zero-order valence-electron chi connectivity index (χ0n) is 15.2. The number of nitrogens with one attached hydrogen (secondary N) is 2. The van der Waals surface area contributed by atoms with Crippen LogP contribution in [0.1, 0.15) is 41.8 Å². The third-order valence-corrected chi connectivity index (χ3v) is 6.30. The lowest BCUT2D eigenvalue weighted by molar-refractivity contribution is 0.0808. The number of hydrogen-bond acceptors (Lipinski definition) is 4. The quantitative estimate of drug-likeness (QED) is 0.648. The first-order chi connectivity index (χ1) is 12.9. The monoisotopic (exact) mass is 388 g/mol. The SMILES string of the molecule is CCS(=O)(=O)Nc1ccccc1C(=O)NCC1(C(O)c2ccccc2)CC1. The van der Waals surface area contributed by atoms with Gasteiger partial charge in [-0.05, 0) is 37.5 Å². The Hall–Kier alpha value is -2.38. The Morgan fingerprint density at radius 3 is 2.37 bits per heavy atom. The number of carbonyl (C=O) groups is 1. The molecule has 0 bridgehead atoms. The van der Waals surface area contributed by atoms with Crippen molar-refractivity contribution >= 4 is 21.6 Å². The second kappa shape index (κ2) is 7.70. The van der Waals surface area contributed by atoms with Crippen LogP contribution in [-0.4, -0.2) is 31.7 Å². The van der Waals surface area contributed by atoms with Crippen LogP contribution >= 0.6 is 0 Å². The summed E-state index contributed by atoms with van der Waals surface area (Å²) >= 11 is 0. The van der Waals surface area contributed by atoms with E-state index < -0.39 is 16.1 Å². The van der Waals surface area contributed by atoms with E-state index in [9.17, 15) is 18.3 Å². The molecule has 144 valence electrons. The van der Waals surface area contributed by atoms with Gasteiger partial charge in [-0.1, -0.05) is 42.5 Å². The third kappa shape index (κ3) is 4.48. The summed E-state index contributed by atoms with van der Waals surface area (Å²) in [6.45, 7) is 1.86. The molecule has 27 heavy (non-hydrogen) atoms. The lowest BCUT2D eigenvalue weighted by atomic mass is 9.92. The van der Waals surface area contributed by atoms with Gasteiger partial charge >= 0.3 is 0 Å². The van der Waals surface area contributed by atoms with Gasteiger partial charge in [0, 0.05) is 12.0 Å². The van der Waals surface area contributed by atoms with Crippen molar-refractivity contribution < 1.29 is 18.3 Å². The summed E-state index contributed by atoms with van der Waals surface area (Å²) < 4.78 is 26.1. The number of anilines is 1. The summed E-state index contributed by atoms with van der Waals surface area (Å²) in [5.41, 5.74) is 0.986. The molecule has 1 saturated carbocycles. The number of aliphatic hydroxyl groups excluding tert-OH is 1. The van der Waals surface area contributed by atoms with E-state index >= 15 is 0 Å². The average Bonchev–Trinajstić information content (AvgIpc) is 3.47. The van der Waals surface area contributed by atoms with Crippen molar-refractivity contribution in [3.8, 4) is 0 Å². The number of sulfonamides is 1. The molecule has 3 N–H and O–H groups in total. The molecule has 0 aromatic heterocycles. The fraction of sp³-hybridized carbons (Fsp3) is 0.350. The van der Waals surface area contributed by atoms with E-state index in [1.54, 1.807) is 24.3 Å². The number of aliphatic hydroxyl groups is 1. The van der Waals surface area contributed by atoms with Crippen LogP contribution in [0.25, 0.3) is 0 Å². The van der Waals surface area contributed by atoms with E-state index in [0.717, 1.165) is 18.4 Å². The average molecular weight is 388 g/mol. The molecule has 1 atom stereocenters. The Labute approximate surface area is 159 Å². The van der Waals surface area contributed by atoms with Crippen LogP contribution < -0.4 is 10.0 Å². The maximum atomic E-state index is 12.6. The highest BCUT2D eigenvalue weighted by Crippen LogP contribution is 2.54. The Kier molecular flexibility index (Phi) is 5.53. The number of para-hydroxylation sites is 1. The molecule has 6 nitrogen and oxygen atoms in total. The van der Waals surface area contributed by atoms with E-state index in [1.807, 2.05) is 30.3 Å².